The molecule has 3 fully saturated rings. The fourth-order valence-corrected chi connectivity index (χ4v) is 5.79. The number of aromatic hydroxyl groups is 1. The van der Waals surface area contributed by atoms with E-state index in [9.17, 15) is 14.7 Å². The number of ether oxygens (including phenoxy) is 3. The largest absolute Gasteiger partial charge is 0.508 e. The molecule has 210 valence electrons. The van der Waals surface area contributed by atoms with Gasteiger partial charge in [-0.25, -0.2) is 4.79 Å². The maximum Gasteiger partial charge on any atom is 0.338 e. The average molecular weight is 546 g/mol. The van der Waals surface area contributed by atoms with Crippen molar-refractivity contribution in [3.8, 4) is 5.75 Å². The van der Waals surface area contributed by atoms with Crippen LogP contribution >= 0.6 is 0 Å². The van der Waals surface area contributed by atoms with Gasteiger partial charge in [-0.3, -0.25) is 4.79 Å². The fourth-order valence-electron chi connectivity index (χ4n) is 5.79. The van der Waals surface area contributed by atoms with Crippen LogP contribution in [0.2, 0.25) is 0 Å². The Balaban J connectivity index is 1.15. The van der Waals surface area contributed by atoms with Gasteiger partial charge < -0.3 is 29.7 Å². The van der Waals surface area contributed by atoms with Gasteiger partial charge in [0.15, 0.2) is 5.79 Å². The minimum atomic E-state index is -0.671. The summed E-state index contributed by atoms with van der Waals surface area (Å²) in [5, 5.41) is 21.8. The number of carbonyl (C=O) groups excluding carboxylic acids is 2. The van der Waals surface area contributed by atoms with Crippen molar-refractivity contribution in [2.45, 2.75) is 62.6 Å². The summed E-state index contributed by atoms with van der Waals surface area (Å²) in [5.74, 6) is -0.487. The van der Waals surface area contributed by atoms with Gasteiger partial charge in [0, 0.05) is 30.4 Å². The van der Waals surface area contributed by atoms with E-state index in [4.69, 9.17) is 19.3 Å². The second-order valence-electron chi connectivity index (χ2n) is 11.1. The Kier molecular flexibility index (Phi) is 7.49. The van der Waals surface area contributed by atoms with Crippen molar-refractivity contribution in [2.75, 3.05) is 13.2 Å². The number of nitrogens with one attached hydrogen (secondary N) is 1. The van der Waals surface area contributed by atoms with Gasteiger partial charge in [0.1, 0.15) is 24.1 Å². The summed E-state index contributed by atoms with van der Waals surface area (Å²) in [6, 6.07) is 14.3. The summed E-state index contributed by atoms with van der Waals surface area (Å²) in [6.45, 7) is -0.0110. The number of hydrogen-bond acceptors (Lipinski definition) is 7. The molecule has 0 unspecified atom stereocenters. The third-order valence-corrected chi connectivity index (χ3v) is 8.14. The van der Waals surface area contributed by atoms with Crippen LogP contribution in [-0.2, 0) is 25.4 Å². The lowest BCUT2D eigenvalue weighted by molar-refractivity contribution is -0.209. The van der Waals surface area contributed by atoms with E-state index in [1.807, 2.05) is 42.5 Å². The number of amides is 1. The Morgan fingerprint density at radius 3 is 2.42 bits per heavy atom. The molecule has 8 heteroatoms. The fraction of sp³-hybridized carbons (Fsp3) is 0.438. The molecule has 1 heterocycles. The first kappa shape index (κ1) is 26.7. The summed E-state index contributed by atoms with van der Waals surface area (Å²) >= 11 is 0. The number of para-hydroxylation sites is 1. The molecule has 2 saturated carbocycles. The Morgan fingerprint density at radius 1 is 1.02 bits per heavy atom. The van der Waals surface area contributed by atoms with E-state index in [0.29, 0.717) is 29.4 Å². The van der Waals surface area contributed by atoms with Crippen molar-refractivity contribution in [1.29, 1.82) is 0 Å². The Labute approximate surface area is 233 Å². The number of aliphatic hydroxyl groups excluding tert-OH is 1. The SMILES string of the molecule is O=C(NCCO)C1=C[C@H]2OC(C3CC3)(C3CC3)O[C@H]2[C@H](OC(=O)c2ccc(C=CCc3ccccc3O)cc2)C1. The average Bonchev–Trinajstić information content (AvgIpc) is 3.90. The summed E-state index contributed by atoms with van der Waals surface area (Å²) in [5.41, 5.74) is 2.64. The van der Waals surface area contributed by atoms with Crippen LogP contribution in [0.4, 0.5) is 0 Å². The second-order valence-corrected chi connectivity index (χ2v) is 11.1. The number of benzene rings is 2. The number of aliphatic hydroxyl groups is 1. The zero-order chi connectivity index (χ0) is 27.7. The van der Waals surface area contributed by atoms with E-state index < -0.39 is 30.1 Å². The zero-order valence-electron chi connectivity index (χ0n) is 22.3. The smallest absolute Gasteiger partial charge is 0.338 e. The number of hydrogen-bond donors (Lipinski definition) is 3. The van der Waals surface area contributed by atoms with Gasteiger partial charge in [0.25, 0.3) is 0 Å². The lowest BCUT2D eigenvalue weighted by atomic mass is 9.91. The molecule has 3 N–H and O–H groups in total. The lowest BCUT2D eigenvalue weighted by Gasteiger charge is -2.31. The van der Waals surface area contributed by atoms with Gasteiger partial charge in [0.05, 0.1) is 12.2 Å². The molecular weight excluding hydrogens is 510 g/mol. The van der Waals surface area contributed by atoms with Crippen LogP contribution in [0.1, 0.15) is 53.6 Å². The van der Waals surface area contributed by atoms with Gasteiger partial charge in [-0.05, 0) is 67.5 Å². The minimum absolute atomic E-state index is 0.146. The summed E-state index contributed by atoms with van der Waals surface area (Å²) < 4.78 is 19.2. The highest BCUT2D eigenvalue weighted by molar-refractivity contribution is 5.94. The molecule has 0 radical (unpaired) electrons. The normalized spacial score (nSPS) is 25.3. The highest BCUT2D eigenvalue weighted by atomic mass is 16.8. The van der Waals surface area contributed by atoms with Crippen LogP contribution in [0.25, 0.3) is 6.08 Å². The van der Waals surface area contributed by atoms with Crippen molar-refractivity contribution < 1.29 is 34.0 Å². The molecule has 1 saturated heterocycles. The molecule has 3 atom stereocenters. The topological polar surface area (TPSA) is 114 Å². The Hall–Kier alpha value is -3.46. The van der Waals surface area contributed by atoms with Crippen molar-refractivity contribution in [3.63, 3.8) is 0 Å². The van der Waals surface area contributed by atoms with Crippen LogP contribution in [0.15, 0.2) is 66.3 Å². The van der Waals surface area contributed by atoms with Gasteiger partial charge in [-0.1, -0.05) is 42.5 Å². The number of esters is 1. The van der Waals surface area contributed by atoms with E-state index in [2.05, 4.69) is 5.32 Å². The molecule has 4 aliphatic rings. The summed E-state index contributed by atoms with van der Waals surface area (Å²) in [6.07, 6.45) is 9.12. The first-order chi connectivity index (χ1) is 19.5. The van der Waals surface area contributed by atoms with Crippen molar-refractivity contribution in [3.05, 3.63) is 82.9 Å². The number of fused-ring (bicyclic) bond motifs is 1. The lowest BCUT2D eigenvalue weighted by Crippen LogP contribution is -2.44. The molecule has 1 aliphatic heterocycles. The summed E-state index contributed by atoms with van der Waals surface area (Å²) in [4.78, 5) is 26.0. The molecule has 8 nitrogen and oxygen atoms in total. The van der Waals surface area contributed by atoms with Crippen molar-refractivity contribution in [2.24, 2.45) is 11.8 Å². The molecule has 0 spiro atoms. The van der Waals surface area contributed by atoms with Gasteiger partial charge in [-0.2, -0.15) is 0 Å². The monoisotopic (exact) mass is 545 g/mol. The Bertz CT molecular complexity index is 1300. The predicted molar refractivity (Wildman–Crippen MR) is 147 cm³/mol. The standard InChI is InChI=1S/C32H35NO7/c34-17-16-33-30(36)23-18-27(29-28(19-23)39-32(40-29,24-12-13-24)25-14-15-25)38-31(37)22-10-8-20(9-11-22)4-3-6-21-5-1-2-7-26(21)35/h1-5,7-11,19,24-25,27-29,34-35H,6,12-18H2,(H,33,36)/t27-,28-,29+/m1/s1. The van der Waals surface area contributed by atoms with E-state index in [-0.39, 0.29) is 31.2 Å². The highest BCUT2D eigenvalue weighted by Gasteiger charge is 2.64. The van der Waals surface area contributed by atoms with E-state index in [1.165, 1.54) is 0 Å². The zero-order valence-corrected chi connectivity index (χ0v) is 22.3. The van der Waals surface area contributed by atoms with E-state index in [1.54, 1.807) is 24.3 Å². The molecule has 40 heavy (non-hydrogen) atoms. The maximum atomic E-state index is 13.2. The third kappa shape index (κ3) is 5.57. The van der Waals surface area contributed by atoms with Crippen LogP contribution in [0.5, 0.6) is 5.75 Å². The van der Waals surface area contributed by atoms with Gasteiger partial charge in [-0.15, -0.1) is 0 Å². The highest BCUT2D eigenvalue weighted by Crippen LogP contribution is 2.59. The van der Waals surface area contributed by atoms with Crippen LogP contribution in [0.3, 0.4) is 0 Å². The van der Waals surface area contributed by atoms with Crippen LogP contribution < -0.4 is 5.32 Å². The molecule has 3 aliphatic carbocycles. The number of rotatable bonds is 10. The Morgan fingerprint density at radius 2 is 1.75 bits per heavy atom. The number of carbonyl (C=O) groups is 2. The molecule has 2 aromatic carbocycles. The molecular formula is C32H35NO7. The second kappa shape index (κ2) is 11.2. The minimum Gasteiger partial charge on any atom is -0.508 e. The maximum absolute atomic E-state index is 13.2. The van der Waals surface area contributed by atoms with Gasteiger partial charge >= 0.3 is 5.97 Å². The third-order valence-electron chi connectivity index (χ3n) is 8.14. The van der Waals surface area contributed by atoms with Crippen molar-refractivity contribution >= 4 is 18.0 Å². The molecule has 0 aromatic heterocycles. The molecule has 0 bridgehead atoms. The molecule has 1 amide bonds. The van der Waals surface area contributed by atoms with Crippen molar-refractivity contribution in [1.82, 2.24) is 5.32 Å². The summed E-state index contributed by atoms with van der Waals surface area (Å²) in [7, 11) is 0. The number of allylic oxidation sites excluding steroid dienone is 1. The van der Waals surface area contributed by atoms with Crippen LogP contribution in [-0.4, -0.2) is 59.3 Å². The predicted octanol–water partition coefficient (Wildman–Crippen LogP) is 3.91. The molecule has 2 aromatic rings. The van der Waals surface area contributed by atoms with E-state index >= 15 is 0 Å². The van der Waals surface area contributed by atoms with Gasteiger partial charge in [0.2, 0.25) is 5.91 Å². The molecule has 6 rings (SSSR count). The first-order valence-corrected chi connectivity index (χ1v) is 14.2. The first-order valence-electron chi connectivity index (χ1n) is 14.2. The number of phenols is 1. The van der Waals surface area contributed by atoms with E-state index in [0.717, 1.165) is 36.8 Å². The number of phenolic OH excluding ortho intramolecular Hbond substituents is 1. The quantitative estimate of drug-likeness (QED) is 0.388. The van der Waals surface area contributed by atoms with Crippen LogP contribution in [0, 0.1) is 11.8 Å².